The van der Waals surface area contributed by atoms with E-state index in [0.717, 1.165) is 23.2 Å². The molecule has 0 spiro atoms. The second-order valence-electron chi connectivity index (χ2n) is 6.20. The summed E-state index contributed by atoms with van der Waals surface area (Å²) >= 11 is 6.02. The van der Waals surface area contributed by atoms with Gasteiger partial charge >= 0.3 is 0 Å². The number of rotatable bonds is 4. The molecule has 2 heterocycles. The Hall–Kier alpha value is -2.85. The molecular weight excluding hydrogens is 346 g/mol. The van der Waals surface area contributed by atoms with E-state index >= 15 is 0 Å². The highest BCUT2D eigenvalue weighted by atomic mass is 35.5. The summed E-state index contributed by atoms with van der Waals surface area (Å²) in [6.07, 6.45) is 4.49. The summed E-state index contributed by atoms with van der Waals surface area (Å²) in [6.45, 7) is 2.70. The number of hydrogen-bond donors (Lipinski definition) is 0. The lowest BCUT2D eigenvalue weighted by atomic mass is 10.1. The van der Waals surface area contributed by atoms with Crippen molar-refractivity contribution in [2.45, 2.75) is 19.9 Å². The van der Waals surface area contributed by atoms with Crippen LogP contribution in [0, 0.1) is 0 Å². The van der Waals surface area contributed by atoms with Crippen LogP contribution in [0.3, 0.4) is 0 Å². The van der Waals surface area contributed by atoms with E-state index < -0.39 is 0 Å². The van der Waals surface area contributed by atoms with E-state index in [2.05, 4.69) is 4.98 Å². The molecule has 4 rings (SSSR count). The third kappa shape index (κ3) is 2.82. The SMILES string of the molecule is CCCn1cnc2c(c(-c3ccccc3)cn2-c2ccc(Cl)cc2)c1=O. The highest BCUT2D eigenvalue weighted by Gasteiger charge is 2.17. The molecule has 26 heavy (non-hydrogen) atoms. The van der Waals surface area contributed by atoms with E-state index in [9.17, 15) is 4.79 Å². The normalized spacial score (nSPS) is 11.2. The van der Waals surface area contributed by atoms with Gasteiger partial charge in [0.2, 0.25) is 0 Å². The van der Waals surface area contributed by atoms with E-state index in [1.165, 1.54) is 0 Å². The minimum absolute atomic E-state index is 0.0107. The summed E-state index contributed by atoms with van der Waals surface area (Å²) in [5, 5.41) is 1.31. The molecule has 0 saturated carbocycles. The van der Waals surface area contributed by atoms with Gasteiger partial charge in [-0.05, 0) is 36.2 Å². The van der Waals surface area contributed by atoms with Gasteiger partial charge in [-0.2, -0.15) is 0 Å². The topological polar surface area (TPSA) is 39.8 Å². The molecule has 4 aromatic rings. The van der Waals surface area contributed by atoms with Crippen molar-refractivity contribution in [3.63, 3.8) is 0 Å². The van der Waals surface area contributed by atoms with E-state index in [1.807, 2.05) is 72.3 Å². The molecule has 0 bridgehead atoms. The second kappa shape index (κ2) is 6.81. The van der Waals surface area contributed by atoms with Gasteiger partial charge in [-0.25, -0.2) is 4.98 Å². The molecule has 0 unspecified atom stereocenters. The first-order chi connectivity index (χ1) is 12.7. The smallest absolute Gasteiger partial charge is 0.263 e. The minimum Gasteiger partial charge on any atom is -0.300 e. The lowest BCUT2D eigenvalue weighted by Gasteiger charge is -2.06. The van der Waals surface area contributed by atoms with Crippen molar-refractivity contribution in [1.82, 2.24) is 14.1 Å². The molecule has 2 aromatic heterocycles. The Labute approximate surface area is 156 Å². The predicted octanol–water partition coefficient (Wildman–Crippen LogP) is 4.92. The van der Waals surface area contributed by atoms with Crippen molar-refractivity contribution in [1.29, 1.82) is 0 Å². The highest BCUT2D eigenvalue weighted by molar-refractivity contribution is 6.30. The molecule has 0 radical (unpaired) electrons. The number of aryl methyl sites for hydroxylation is 1. The van der Waals surface area contributed by atoms with Crippen LogP contribution in [-0.2, 0) is 6.54 Å². The van der Waals surface area contributed by atoms with Crippen LogP contribution in [-0.4, -0.2) is 14.1 Å². The Bertz CT molecular complexity index is 1110. The molecular formula is C21H18ClN3O. The van der Waals surface area contributed by atoms with E-state index in [1.54, 1.807) is 10.9 Å². The van der Waals surface area contributed by atoms with Crippen LogP contribution in [0.1, 0.15) is 13.3 Å². The van der Waals surface area contributed by atoms with Crippen LogP contribution in [0.2, 0.25) is 5.02 Å². The second-order valence-corrected chi connectivity index (χ2v) is 6.63. The fourth-order valence-electron chi connectivity index (χ4n) is 3.19. The van der Waals surface area contributed by atoms with E-state index in [0.29, 0.717) is 22.6 Å². The first-order valence-corrected chi connectivity index (χ1v) is 8.98. The summed E-state index contributed by atoms with van der Waals surface area (Å²) in [7, 11) is 0. The molecule has 0 saturated heterocycles. The maximum Gasteiger partial charge on any atom is 0.263 e. The molecule has 0 atom stereocenters. The van der Waals surface area contributed by atoms with Crippen molar-refractivity contribution in [3.05, 3.63) is 82.5 Å². The molecule has 130 valence electrons. The van der Waals surface area contributed by atoms with Crippen molar-refractivity contribution < 1.29 is 0 Å². The third-order valence-corrected chi connectivity index (χ3v) is 4.68. The first-order valence-electron chi connectivity index (χ1n) is 8.61. The first kappa shape index (κ1) is 16.6. The van der Waals surface area contributed by atoms with Crippen molar-refractivity contribution in [2.24, 2.45) is 0 Å². The number of benzene rings is 2. The van der Waals surface area contributed by atoms with E-state index in [4.69, 9.17) is 11.6 Å². The molecule has 0 N–H and O–H groups in total. The maximum absolute atomic E-state index is 13.1. The fraction of sp³-hybridized carbons (Fsp3) is 0.143. The van der Waals surface area contributed by atoms with Gasteiger partial charge in [0.25, 0.3) is 5.56 Å². The molecule has 0 aliphatic heterocycles. The lowest BCUT2D eigenvalue weighted by molar-refractivity contribution is 0.647. The number of fused-ring (bicyclic) bond motifs is 1. The predicted molar refractivity (Wildman–Crippen MR) is 106 cm³/mol. The number of halogens is 1. The van der Waals surface area contributed by atoms with Crippen LogP contribution in [0.15, 0.2) is 71.9 Å². The average Bonchev–Trinajstić information content (AvgIpc) is 3.06. The van der Waals surface area contributed by atoms with Gasteiger partial charge < -0.3 is 4.57 Å². The Morgan fingerprint density at radius 2 is 1.77 bits per heavy atom. The lowest BCUT2D eigenvalue weighted by Crippen LogP contribution is -2.20. The Kier molecular flexibility index (Phi) is 4.35. The fourth-order valence-corrected chi connectivity index (χ4v) is 3.31. The number of hydrogen-bond acceptors (Lipinski definition) is 2. The quantitative estimate of drug-likeness (QED) is 0.516. The van der Waals surface area contributed by atoms with Crippen molar-refractivity contribution in [3.8, 4) is 16.8 Å². The third-order valence-electron chi connectivity index (χ3n) is 4.43. The zero-order valence-electron chi connectivity index (χ0n) is 14.4. The standard InChI is InChI=1S/C21H18ClN3O/c1-2-12-24-14-23-20-19(21(24)26)18(15-6-4-3-5-7-15)13-25(20)17-10-8-16(22)9-11-17/h3-11,13-14H,2,12H2,1H3. The maximum atomic E-state index is 13.1. The van der Waals surface area contributed by atoms with Crippen LogP contribution >= 0.6 is 11.6 Å². The van der Waals surface area contributed by atoms with Gasteiger partial charge in [0, 0.05) is 29.0 Å². The van der Waals surface area contributed by atoms with Crippen LogP contribution < -0.4 is 5.56 Å². The molecule has 0 amide bonds. The molecule has 0 aliphatic carbocycles. The summed E-state index contributed by atoms with van der Waals surface area (Å²) in [5.74, 6) is 0. The Morgan fingerprint density at radius 1 is 1.04 bits per heavy atom. The summed E-state index contributed by atoms with van der Waals surface area (Å²) < 4.78 is 3.63. The zero-order chi connectivity index (χ0) is 18.1. The Balaban J connectivity index is 2.04. The van der Waals surface area contributed by atoms with Crippen LogP contribution in [0.5, 0.6) is 0 Å². The van der Waals surface area contributed by atoms with Gasteiger partial charge in [-0.1, -0.05) is 48.9 Å². The number of aromatic nitrogens is 3. The number of nitrogens with zero attached hydrogens (tertiary/aromatic N) is 3. The van der Waals surface area contributed by atoms with Crippen molar-refractivity contribution >= 4 is 22.6 Å². The molecule has 4 nitrogen and oxygen atoms in total. The summed E-state index contributed by atoms with van der Waals surface area (Å²) in [4.78, 5) is 17.7. The molecule has 2 aromatic carbocycles. The van der Waals surface area contributed by atoms with Gasteiger partial charge in [0.15, 0.2) is 5.65 Å². The Morgan fingerprint density at radius 3 is 2.46 bits per heavy atom. The van der Waals surface area contributed by atoms with Crippen LogP contribution in [0.25, 0.3) is 27.8 Å². The van der Waals surface area contributed by atoms with Crippen molar-refractivity contribution in [2.75, 3.05) is 0 Å². The summed E-state index contributed by atoms with van der Waals surface area (Å²) in [6, 6.07) is 17.5. The van der Waals surface area contributed by atoms with Gasteiger partial charge in [-0.3, -0.25) is 9.36 Å². The van der Waals surface area contributed by atoms with Crippen LogP contribution in [0.4, 0.5) is 0 Å². The molecule has 0 fully saturated rings. The van der Waals surface area contributed by atoms with Gasteiger partial charge in [0.05, 0.1) is 11.7 Å². The average molecular weight is 364 g/mol. The summed E-state index contributed by atoms with van der Waals surface area (Å²) in [5.41, 5.74) is 3.45. The van der Waals surface area contributed by atoms with E-state index in [-0.39, 0.29) is 5.56 Å². The minimum atomic E-state index is -0.0107. The van der Waals surface area contributed by atoms with Gasteiger partial charge in [0.1, 0.15) is 0 Å². The molecule has 0 aliphatic rings. The monoisotopic (exact) mass is 363 g/mol. The highest BCUT2D eigenvalue weighted by Crippen LogP contribution is 2.29. The molecule has 5 heteroatoms. The zero-order valence-corrected chi connectivity index (χ0v) is 15.1. The largest absolute Gasteiger partial charge is 0.300 e. The van der Waals surface area contributed by atoms with Gasteiger partial charge in [-0.15, -0.1) is 0 Å².